The van der Waals surface area contributed by atoms with Crippen molar-refractivity contribution in [2.24, 2.45) is 0 Å². The highest BCUT2D eigenvalue weighted by Gasteiger charge is 2.27. The maximum atomic E-state index is 11.8. The van der Waals surface area contributed by atoms with E-state index in [0.29, 0.717) is 18.8 Å². The van der Waals surface area contributed by atoms with E-state index in [1.54, 1.807) is 0 Å². The summed E-state index contributed by atoms with van der Waals surface area (Å²) < 4.78 is 10.2. The number of benzene rings is 2. The molecule has 1 aliphatic rings. The van der Waals surface area contributed by atoms with Gasteiger partial charge in [0, 0.05) is 6.42 Å². The minimum absolute atomic E-state index is 0.130. The number of hydrogen-bond donors (Lipinski definition) is 1. The molecule has 1 amide bonds. The summed E-state index contributed by atoms with van der Waals surface area (Å²) >= 11 is 0. The molecule has 2 aromatic rings. The number of amides is 1. The van der Waals surface area contributed by atoms with Crippen LogP contribution in [-0.2, 0) is 14.3 Å². The Labute approximate surface area is 134 Å². The molecule has 5 heteroatoms. The Bertz CT molecular complexity index is 682. The Morgan fingerprint density at radius 2 is 1.78 bits per heavy atom. The fraction of sp³-hybridized carbons (Fsp3) is 0.222. The van der Waals surface area contributed by atoms with Gasteiger partial charge in [-0.2, -0.15) is 0 Å². The molecule has 1 fully saturated rings. The van der Waals surface area contributed by atoms with E-state index in [2.05, 4.69) is 5.32 Å². The number of nitrogens with one attached hydrogen (secondary N) is 1. The van der Waals surface area contributed by atoms with E-state index in [0.717, 1.165) is 11.1 Å². The summed E-state index contributed by atoms with van der Waals surface area (Å²) in [5.74, 6) is -0.111. The number of rotatable bonds is 5. The van der Waals surface area contributed by atoms with Gasteiger partial charge in [-0.15, -0.1) is 0 Å². The quantitative estimate of drug-likeness (QED) is 0.860. The molecular formula is C18H17NO4. The summed E-state index contributed by atoms with van der Waals surface area (Å²) in [7, 11) is 0. The van der Waals surface area contributed by atoms with Gasteiger partial charge in [0.15, 0.2) is 6.61 Å². The average molecular weight is 311 g/mol. The van der Waals surface area contributed by atoms with Crippen molar-refractivity contribution in [3.8, 4) is 16.9 Å². The molecule has 0 radical (unpaired) electrons. The Morgan fingerprint density at radius 3 is 2.43 bits per heavy atom. The lowest BCUT2D eigenvalue weighted by molar-refractivity contribution is -0.141. The molecule has 0 aliphatic carbocycles. The Kier molecular flexibility index (Phi) is 4.57. The number of carbonyl (C=O) groups is 2. The van der Waals surface area contributed by atoms with Crippen molar-refractivity contribution < 1.29 is 19.1 Å². The highest BCUT2D eigenvalue weighted by molar-refractivity contribution is 5.86. The van der Waals surface area contributed by atoms with Crippen LogP contribution in [0.5, 0.6) is 5.75 Å². The molecule has 0 aromatic heterocycles. The summed E-state index contributed by atoms with van der Waals surface area (Å²) in [5.41, 5.74) is 2.20. The Balaban J connectivity index is 1.52. The van der Waals surface area contributed by atoms with Crippen LogP contribution in [0.4, 0.5) is 0 Å². The highest BCUT2D eigenvalue weighted by Crippen LogP contribution is 2.21. The van der Waals surface area contributed by atoms with Gasteiger partial charge in [0.1, 0.15) is 11.8 Å². The monoisotopic (exact) mass is 311 g/mol. The molecule has 1 heterocycles. The van der Waals surface area contributed by atoms with Gasteiger partial charge >= 0.3 is 5.97 Å². The van der Waals surface area contributed by atoms with Crippen LogP contribution >= 0.6 is 0 Å². The van der Waals surface area contributed by atoms with E-state index in [1.807, 2.05) is 54.6 Å². The van der Waals surface area contributed by atoms with Crippen molar-refractivity contribution in [3.63, 3.8) is 0 Å². The van der Waals surface area contributed by atoms with Crippen LogP contribution < -0.4 is 10.1 Å². The van der Waals surface area contributed by atoms with E-state index in [-0.39, 0.29) is 18.5 Å². The standard InChI is InChI=1S/C18H17NO4/c20-17(19-16-10-11-22-18(16)21)12-23-15-8-6-14(7-9-15)13-4-2-1-3-5-13/h1-9,16H,10-12H2,(H,19,20). The van der Waals surface area contributed by atoms with Crippen LogP contribution in [0.2, 0.25) is 0 Å². The van der Waals surface area contributed by atoms with Gasteiger partial charge in [0.05, 0.1) is 6.61 Å². The maximum absolute atomic E-state index is 11.8. The van der Waals surface area contributed by atoms with Gasteiger partial charge in [0.2, 0.25) is 0 Å². The van der Waals surface area contributed by atoms with E-state index in [9.17, 15) is 9.59 Å². The molecule has 1 saturated heterocycles. The first-order valence-electron chi connectivity index (χ1n) is 7.47. The van der Waals surface area contributed by atoms with E-state index >= 15 is 0 Å². The predicted molar refractivity (Wildman–Crippen MR) is 84.9 cm³/mol. The first-order valence-corrected chi connectivity index (χ1v) is 7.47. The predicted octanol–water partition coefficient (Wildman–Crippen LogP) is 2.16. The fourth-order valence-corrected chi connectivity index (χ4v) is 2.39. The SMILES string of the molecule is O=C(COc1ccc(-c2ccccc2)cc1)NC1CCOC1=O. The lowest BCUT2D eigenvalue weighted by Gasteiger charge is -2.10. The molecule has 1 aliphatic heterocycles. The zero-order valence-electron chi connectivity index (χ0n) is 12.5. The molecule has 1 atom stereocenters. The molecule has 0 spiro atoms. The number of ether oxygens (including phenoxy) is 2. The third kappa shape index (κ3) is 3.88. The normalized spacial score (nSPS) is 16.7. The third-order valence-corrected chi connectivity index (χ3v) is 3.60. The van der Waals surface area contributed by atoms with Crippen LogP contribution in [0, 0.1) is 0 Å². The van der Waals surface area contributed by atoms with Crippen molar-refractivity contribution in [2.75, 3.05) is 13.2 Å². The molecule has 118 valence electrons. The third-order valence-electron chi connectivity index (χ3n) is 3.60. The second-order valence-electron chi connectivity index (χ2n) is 5.26. The van der Waals surface area contributed by atoms with E-state index < -0.39 is 6.04 Å². The van der Waals surface area contributed by atoms with Crippen molar-refractivity contribution in [3.05, 3.63) is 54.6 Å². The van der Waals surface area contributed by atoms with E-state index in [1.165, 1.54) is 0 Å². The number of carbonyl (C=O) groups excluding carboxylic acids is 2. The summed E-state index contributed by atoms with van der Waals surface area (Å²) in [6, 6.07) is 17.0. The molecule has 2 aromatic carbocycles. The van der Waals surface area contributed by atoms with Gasteiger partial charge < -0.3 is 14.8 Å². The molecule has 5 nitrogen and oxygen atoms in total. The average Bonchev–Trinajstić information content (AvgIpc) is 2.99. The first-order chi connectivity index (χ1) is 11.2. The van der Waals surface area contributed by atoms with Crippen molar-refractivity contribution in [2.45, 2.75) is 12.5 Å². The molecule has 1 N–H and O–H groups in total. The Hall–Kier alpha value is -2.82. The number of hydrogen-bond acceptors (Lipinski definition) is 4. The van der Waals surface area contributed by atoms with Crippen molar-refractivity contribution in [1.29, 1.82) is 0 Å². The largest absolute Gasteiger partial charge is 0.484 e. The maximum Gasteiger partial charge on any atom is 0.328 e. The fourth-order valence-electron chi connectivity index (χ4n) is 2.39. The first kappa shape index (κ1) is 15.1. The van der Waals surface area contributed by atoms with Crippen LogP contribution in [0.3, 0.4) is 0 Å². The lowest BCUT2D eigenvalue weighted by atomic mass is 10.1. The second kappa shape index (κ2) is 6.96. The second-order valence-corrected chi connectivity index (χ2v) is 5.26. The number of esters is 1. The highest BCUT2D eigenvalue weighted by atomic mass is 16.5. The van der Waals surface area contributed by atoms with Crippen LogP contribution in [-0.4, -0.2) is 31.1 Å². The zero-order valence-corrected chi connectivity index (χ0v) is 12.5. The number of cyclic esters (lactones) is 1. The zero-order chi connectivity index (χ0) is 16.1. The minimum atomic E-state index is -0.549. The van der Waals surface area contributed by atoms with Gasteiger partial charge in [-0.05, 0) is 23.3 Å². The van der Waals surface area contributed by atoms with Gasteiger partial charge in [-0.3, -0.25) is 4.79 Å². The lowest BCUT2D eigenvalue weighted by Crippen LogP contribution is -2.40. The molecule has 3 rings (SSSR count). The summed E-state index contributed by atoms with van der Waals surface area (Å²) in [5, 5.41) is 2.60. The summed E-state index contributed by atoms with van der Waals surface area (Å²) in [6.45, 7) is 0.222. The van der Waals surface area contributed by atoms with Gasteiger partial charge in [-0.1, -0.05) is 42.5 Å². The molecule has 1 unspecified atom stereocenters. The topological polar surface area (TPSA) is 64.6 Å². The van der Waals surface area contributed by atoms with Crippen LogP contribution in [0.25, 0.3) is 11.1 Å². The van der Waals surface area contributed by atoms with Crippen molar-refractivity contribution >= 4 is 11.9 Å². The van der Waals surface area contributed by atoms with Gasteiger partial charge in [-0.25, -0.2) is 4.79 Å². The Morgan fingerprint density at radius 1 is 1.09 bits per heavy atom. The van der Waals surface area contributed by atoms with Crippen LogP contribution in [0.15, 0.2) is 54.6 Å². The van der Waals surface area contributed by atoms with Crippen LogP contribution in [0.1, 0.15) is 6.42 Å². The van der Waals surface area contributed by atoms with E-state index in [4.69, 9.17) is 9.47 Å². The summed E-state index contributed by atoms with van der Waals surface area (Å²) in [6.07, 6.45) is 0.510. The molecule has 0 saturated carbocycles. The minimum Gasteiger partial charge on any atom is -0.484 e. The molecule has 0 bridgehead atoms. The molecular weight excluding hydrogens is 294 g/mol. The molecule has 23 heavy (non-hydrogen) atoms. The smallest absolute Gasteiger partial charge is 0.328 e. The van der Waals surface area contributed by atoms with Gasteiger partial charge in [0.25, 0.3) is 5.91 Å². The summed E-state index contributed by atoms with van der Waals surface area (Å²) in [4.78, 5) is 23.0. The van der Waals surface area contributed by atoms with Crippen molar-refractivity contribution in [1.82, 2.24) is 5.32 Å².